The van der Waals surface area contributed by atoms with Crippen molar-refractivity contribution >= 4 is 27.5 Å². The lowest BCUT2D eigenvalue weighted by Crippen LogP contribution is -2.09. The van der Waals surface area contributed by atoms with E-state index < -0.39 is 0 Å². The van der Waals surface area contributed by atoms with E-state index in [1.54, 1.807) is 0 Å². The number of nitrogens with one attached hydrogen (secondary N) is 1. The quantitative estimate of drug-likeness (QED) is 0.491. The SMILES string of the molecule is CCCCCCCC(Br)c1ccc2c(c1)CCCC(=O)N2. The van der Waals surface area contributed by atoms with Gasteiger partial charge >= 0.3 is 0 Å². The van der Waals surface area contributed by atoms with Gasteiger partial charge in [-0.1, -0.05) is 67.1 Å². The number of hydrogen-bond acceptors (Lipinski definition) is 1. The summed E-state index contributed by atoms with van der Waals surface area (Å²) in [4.78, 5) is 12.0. The summed E-state index contributed by atoms with van der Waals surface area (Å²) in [5, 5.41) is 3.00. The third kappa shape index (κ3) is 5.14. The van der Waals surface area contributed by atoms with Gasteiger partial charge in [0.05, 0.1) is 0 Å². The third-order valence-electron chi connectivity index (χ3n) is 4.18. The van der Waals surface area contributed by atoms with Gasteiger partial charge in [0.1, 0.15) is 0 Å². The smallest absolute Gasteiger partial charge is 0.224 e. The van der Waals surface area contributed by atoms with Gasteiger partial charge in [-0.2, -0.15) is 0 Å². The van der Waals surface area contributed by atoms with Gasteiger partial charge in [0.2, 0.25) is 5.91 Å². The minimum absolute atomic E-state index is 0.146. The number of carbonyl (C=O) groups is 1. The van der Waals surface area contributed by atoms with Crippen LogP contribution in [0, 0.1) is 0 Å². The molecule has 1 heterocycles. The molecule has 1 aromatic carbocycles. The average molecular weight is 352 g/mol. The molecule has 1 aliphatic rings. The molecule has 1 atom stereocenters. The minimum Gasteiger partial charge on any atom is -0.326 e. The summed E-state index contributed by atoms with van der Waals surface area (Å²) in [6.45, 7) is 2.25. The first-order chi connectivity index (χ1) is 10.2. The first-order valence-electron chi connectivity index (χ1n) is 8.27. The van der Waals surface area contributed by atoms with Gasteiger partial charge in [-0.05, 0) is 36.5 Å². The monoisotopic (exact) mass is 351 g/mol. The first kappa shape index (κ1) is 16.5. The maximum atomic E-state index is 11.6. The summed E-state index contributed by atoms with van der Waals surface area (Å²) >= 11 is 3.83. The van der Waals surface area contributed by atoms with Gasteiger partial charge in [-0.3, -0.25) is 4.79 Å². The van der Waals surface area contributed by atoms with Crippen molar-refractivity contribution in [3.8, 4) is 0 Å². The summed E-state index contributed by atoms with van der Waals surface area (Å²) in [6.07, 6.45) is 10.4. The largest absolute Gasteiger partial charge is 0.326 e. The molecule has 1 N–H and O–H groups in total. The zero-order chi connectivity index (χ0) is 15.1. The number of alkyl halides is 1. The molecular weight excluding hydrogens is 326 g/mol. The Bertz CT molecular complexity index is 472. The third-order valence-corrected chi connectivity index (χ3v) is 5.16. The van der Waals surface area contributed by atoms with Crippen LogP contribution in [0.1, 0.15) is 74.2 Å². The predicted octanol–water partition coefficient (Wildman–Crippen LogP) is 5.76. The van der Waals surface area contributed by atoms with Crippen LogP contribution in [0.5, 0.6) is 0 Å². The summed E-state index contributed by atoms with van der Waals surface area (Å²) in [5.41, 5.74) is 3.64. The fraction of sp³-hybridized carbons (Fsp3) is 0.611. The van der Waals surface area contributed by atoms with Crippen LogP contribution in [-0.2, 0) is 11.2 Å². The number of halogens is 1. The highest BCUT2D eigenvalue weighted by atomic mass is 79.9. The van der Waals surface area contributed by atoms with Crippen LogP contribution < -0.4 is 5.32 Å². The van der Waals surface area contributed by atoms with E-state index in [-0.39, 0.29) is 5.91 Å². The Kier molecular flexibility index (Phi) is 6.75. The number of amides is 1. The van der Waals surface area contributed by atoms with Crippen molar-refractivity contribution in [1.82, 2.24) is 0 Å². The lowest BCUT2D eigenvalue weighted by molar-refractivity contribution is -0.116. The molecule has 21 heavy (non-hydrogen) atoms. The molecule has 1 aromatic rings. The standard InChI is InChI=1S/C18H26BrNO/c1-2-3-4-5-6-9-16(19)14-11-12-17-15(13-14)8-7-10-18(21)20-17/h11-13,16H,2-10H2,1H3,(H,20,21). The summed E-state index contributed by atoms with van der Waals surface area (Å²) in [7, 11) is 0. The topological polar surface area (TPSA) is 29.1 Å². The van der Waals surface area contributed by atoms with Crippen molar-refractivity contribution in [1.29, 1.82) is 0 Å². The number of anilines is 1. The number of unbranched alkanes of at least 4 members (excludes halogenated alkanes) is 4. The van der Waals surface area contributed by atoms with Crippen LogP contribution in [0.25, 0.3) is 0 Å². The molecule has 0 fully saturated rings. The van der Waals surface area contributed by atoms with Crippen LogP contribution >= 0.6 is 15.9 Å². The van der Waals surface area contributed by atoms with Crippen LogP contribution in [0.2, 0.25) is 0 Å². The second-order valence-electron chi connectivity index (χ2n) is 5.99. The number of aryl methyl sites for hydroxylation is 1. The minimum atomic E-state index is 0.146. The Morgan fingerprint density at radius 1 is 1.19 bits per heavy atom. The molecule has 0 saturated heterocycles. The lowest BCUT2D eigenvalue weighted by Gasteiger charge is -2.14. The number of benzene rings is 1. The van der Waals surface area contributed by atoms with E-state index in [0.717, 1.165) is 18.5 Å². The van der Waals surface area contributed by atoms with Gasteiger partial charge < -0.3 is 5.32 Å². The number of rotatable bonds is 7. The first-order valence-corrected chi connectivity index (χ1v) is 9.19. The van der Waals surface area contributed by atoms with E-state index in [2.05, 4.69) is 46.4 Å². The van der Waals surface area contributed by atoms with Crippen LogP contribution in [0.3, 0.4) is 0 Å². The molecule has 3 heteroatoms. The number of hydrogen-bond donors (Lipinski definition) is 1. The van der Waals surface area contributed by atoms with Crippen molar-refractivity contribution < 1.29 is 4.79 Å². The fourth-order valence-corrected chi connectivity index (χ4v) is 3.49. The fourth-order valence-electron chi connectivity index (χ4n) is 2.88. The molecule has 2 rings (SSSR count). The Morgan fingerprint density at radius 2 is 2.00 bits per heavy atom. The van der Waals surface area contributed by atoms with Gasteiger partial charge in [0.25, 0.3) is 0 Å². The molecule has 0 bridgehead atoms. The molecule has 0 aromatic heterocycles. The van der Waals surface area contributed by atoms with Gasteiger partial charge in [0, 0.05) is 16.9 Å². The molecule has 1 amide bonds. The van der Waals surface area contributed by atoms with Crippen molar-refractivity contribution in [3.63, 3.8) is 0 Å². The van der Waals surface area contributed by atoms with E-state index in [9.17, 15) is 4.79 Å². The summed E-state index contributed by atoms with van der Waals surface area (Å²) in [6, 6.07) is 6.49. The molecule has 2 nitrogen and oxygen atoms in total. The number of fused-ring (bicyclic) bond motifs is 1. The van der Waals surface area contributed by atoms with Crippen LogP contribution in [0.15, 0.2) is 18.2 Å². The Labute approximate surface area is 136 Å². The number of carbonyl (C=O) groups excluding carboxylic acids is 1. The molecule has 116 valence electrons. The van der Waals surface area contributed by atoms with Gasteiger partial charge in [-0.15, -0.1) is 0 Å². The van der Waals surface area contributed by atoms with Crippen molar-refractivity contribution in [2.45, 2.75) is 69.5 Å². The van der Waals surface area contributed by atoms with E-state index in [4.69, 9.17) is 0 Å². The molecular formula is C18H26BrNO. The lowest BCUT2D eigenvalue weighted by atomic mass is 10.00. The van der Waals surface area contributed by atoms with Crippen molar-refractivity contribution in [2.24, 2.45) is 0 Å². The van der Waals surface area contributed by atoms with Crippen molar-refractivity contribution in [3.05, 3.63) is 29.3 Å². The predicted molar refractivity (Wildman–Crippen MR) is 93.1 cm³/mol. The van der Waals surface area contributed by atoms with Crippen LogP contribution in [-0.4, -0.2) is 5.91 Å². The Balaban J connectivity index is 1.91. The second-order valence-corrected chi connectivity index (χ2v) is 7.09. The van der Waals surface area contributed by atoms with Gasteiger partial charge in [0.15, 0.2) is 0 Å². The van der Waals surface area contributed by atoms with E-state index in [0.29, 0.717) is 11.2 Å². The van der Waals surface area contributed by atoms with Crippen molar-refractivity contribution in [2.75, 3.05) is 5.32 Å². The normalized spacial score (nSPS) is 16.0. The van der Waals surface area contributed by atoms with E-state index in [1.165, 1.54) is 49.7 Å². The van der Waals surface area contributed by atoms with E-state index in [1.807, 2.05) is 0 Å². The molecule has 0 spiro atoms. The zero-order valence-electron chi connectivity index (χ0n) is 13.0. The second kappa shape index (κ2) is 8.57. The maximum Gasteiger partial charge on any atom is 0.224 e. The van der Waals surface area contributed by atoms with E-state index >= 15 is 0 Å². The summed E-state index contributed by atoms with van der Waals surface area (Å²) in [5.74, 6) is 0.146. The molecule has 1 unspecified atom stereocenters. The zero-order valence-corrected chi connectivity index (χ0v) is 14.5. The van der Waals surface area contributed by atoms with Crippen LogP contribution in [0.4, 0.5) is 5.69 Å². The molecule has 0 radical (unpaired) electrons. The highest BCUT2D eigenvalue weighted by molar-refractivity contribution is 9.09. The highest BCUT2D eigenvalue weighted by Gasteiger charge is 2.15. The molecule has 1 aliphatic heterocycles. The average Bonchev–Trinajstić information content (AvgIpc) is 2.66. The summed E-state index contributed by atoms with van der Waals surface area (Å²) < 4.78 is 0. The molecule has 0 saturated carbocycles. The Morgan fingerprint density at radius 3 is 2.81 bits per heavy atom. The highest BCUT2D eigenvalue weighted by Crippen LogP contribution is 2.32. The Hall–Kier alpha value is -0.830. The maximum absolute atomic E-state index is 11.6. The van der Waals surface area contributed by atoms with Gasteiger partial charge in [-0.25, -0.2) is 0 Å². The molecule has 0 aliphatic carbocycles.